The highest BCUT2D eigenvalue weighted by molar-refractivity contribution is 7.11. The SMILES string of the molecule is COc1nc(-c2c[nH]c3ncc(-c4ccccc4)cc23)cs1. The van der Waals surface area contributed by atoms with Gasteiger partial charge in [0.25, 0.3) is 5.19 Å². The van der Waals surface area contributed by atoms with Crippen LogP contribution >= 0.6 is 11.3 Å². The number of nitrogens with one attached hydrogen (secondary N) is 1. The zero-order valence-electron chi connectivity index (χ0n) is 11.9. The molecule has 0 amide bonds. The summed E-state index contributed by atoms with van der Waals surface area (Å²) >= 11 is 1.49. The lowest BCUT2D eigenvalue weighted by atomic mass is 10.1. The van der Waals surface area contributed by atoms with E-state index in [0.717, 1.165) is 33.4 Å². The minimum Gasteiger partial charge on any atom is -0.473 e. The van der Waals surface area contributed by atoms with E-state index >= 15 is 0 Å². The van der Waals surface area contributed by atoms with E-state index in [1.807, 2.05) is 36.0 Å². The quantitative estimate of drug-likeness (QED) is 0.611. The highest BCUT2D eigenvalue weighted by Crippen LogP contribution is 2.33. The first kappa shape index (κ1) is 13.0. The molecule has 0 aliphatic heterocycles. The average Bonchev–Trinajstić information content (AvgIpc) is 3.21. The van der Waals surface area contributed by atoms with Crippen LogP contribution in [0.25, 0.3) is 33.4 Å². The third-order valence-corrected chi connectivity index (χ3v) is 4.37. The molecule has 108 valence electrons. The van der Waals surface area contributed by atoms with Gasteiger partial charge in [-0.1, -0.05) is 41.7 Å². The van der Waals surface area contributed by atoms with Gasteiger partial charge in [-0.3, -0.25) is 0 Å². The maximum atomic E-state index is 5.18. The molecular formula is C17H13N3OS. The molecule has 4 aromatic rings. The first-order chi connectivity index (χ1) is 10.8. The van der Waals surface area contributed by atoms with Gasteiger partial charge in [0.2, 0.25) is 0 Å². The van der Waals surface area contributed by atoms with Gasteiger partial charge in [0.15, 0.2) is 0 Å². The lowest BCUT2D eigenvalue weighted by molar-refractivity contribution is 0.412. The van der Waals surface area contributed by atoms with Crippen molar-refractivity contribution < 1.29 is 4.74 Å². The van der Waals surface area contributed by atoms with E-state index in [0.29, 0.717) is 5.19 Å². The summed E-state index contributed by atoms with van der Waals surface area (Å²) in [6.07, 6.45) is 3.83. The van der Waals surface area contributed by atoms with Crippen molar-refractivity contribution in [3.63, 3.8) is 0 Å². The van der Waals surface area contributed by atoms with Crippen molar-refractivity contribution in [2.24, 2.45) is 0 Å². The number of aromatic nitrogens is 3. The second-order valence-electron chi connectivity index (χ2n) is 4.89. The molecule has 22 heavy (non-hydrogen) atoms. The zero-order valence-corrected chi connectivity index (χ0v) is 12.7. The Morgan fingerprint density at radius 1 is 1.14 bits per heavy atom. The van der Waals surface area contributed by atoms with Gasteiger partial charge in [-0.15, -0.1) is 0 Å². The van der Waals surface area contributed by atoms with Crippen LogP contribution in [0.15, 0.2) is 54.2 Å². The molecule has 0 radical (unpaired) electrons. The fourth-order valence-corrected chi connectivity index (χ4v) is 3.12. The number of H-pyrrole nitrogens is 1. The highest BCUT2D eigenvalue weighted by Gasteiger charge is 2.12. The van der Waals surface area contributed by atoms with Crippen LogP contribution in [-0.4, -0.2) is 22.1 Å². The zero-order chi connectivity index (χ0) is 14.9. The Morgan fingerprint density at radius 3 is 2.77 bits per heavy atom. The van der Waals surface area contributed by atoms with Crippen LogP contribution in [0.5, 0.6) is 5.19 Å². The normalized spacial score (nSPS) is 11.0. The second-order valence-corrected chi connectivity index (χ2v) is 5.71. The monoisotopic (exact) mass is 307 g/mol. The molecule has 0 aliphatic carbocycles. The molecule has 0 unspecified atom stereocenters. The molecule has 0 bridgehead atoms. The fraction of sp³-hybridized carbons (Fsp3) is 0.0588. The number of benzene rings is 1. The van der Waals surface area contributed by atoms with Gasteiger partial charge in [0.1, 0.15) is 5.65 Å². The maximum Gasteiger partial charge on any atom is 0.273 e. The standard InChI is InChI=1S/C17H13N3OS/c1-21-17-20-15(10-22-17)14-9-19-16-13(14)7-12(8-18-16)11-5-3-2-4-6-11/h2-10H,1H3,(H,18,19). The second kappa shape index (κ2) is 5.27. The van der Waals surface area contributed by atoms with E-state index in [4.69, 9.17) is 4.74 Å². The Labute approximate surface area is 131 Å². The fourth-order valence-electron chi connectivity index (χ4n) is 2.48. The maximum absolute atomic E-state index is 5.18. The Hall–Kier alpha value is -2.66. The smallest absolute Gasteiger partial charge is 0.273 e. The number of fused-ring (bicyclic) bond motifs is 1. The summed E-state index contributed by atoms with van der Waals surface area (Å²) in [4.78, 5) is 12.2. The number of hydrogen-bond donors (Lipinski definition) is 1. The summed E-state index contributed by atoms with van der Waals surface area (Å²) in [6.45, 7) is 0. The van der Waals surface area contributed by atoms with Crippen LogP contribution in [0.2, 0.25) is 0 Å². The predicted octanol–water partition coefficient (Wildman–Crippen LogP) is 4.36. The van der Waals surface area contributed by atoms with Crippen molar-refractivity contribution in [3.05, 3.63) is 54.2 Å². The van der Waals surface area contributed by atoms with Gasteiger partial charge in [0.05, 0.1) is 12.8 Å². The van der Waals surface area contributed by atoms with E-state index in [1.54, 1.807) is 7.11 Å². The molecule has 0 saturated carbocycles. The van der Waals surface area contributed by atoms with Crippen molar-refractivity contribution in [1.29, 1.82) is 0 Å². The van der Waals surface area contributed by atoms with E-state index in [-0.39, 0.29) is 0 Å². The minimum absolute atomic E-state index is 0.663. The van der Waals surface area contributed by atoms with Gasteiger partial charge < -0.3 is 9.72 Å². The number of ether oxygens (including phenoxy) is 1. The summed E-state index contributed by atoms with van der Waals surface area (Å²) < 4.78 is 5.18. The van der Waals surface area contributed by atoms with Crippen LogP contribution < -0.4 is 4.74 Å². The third kappa shape index (κ3) is 2.16. The van der Waals surface area contributed by atoms with Gasteiger partial charge in [-0.2, -0.15) is 0 Å². The summed E-state index contributed by atoms with van der Waals surface area (Å²) in [6, 6.07) is 12.4. The van der Waals surface area contributed by atoms with Crippen LogP contribution in [-0.2, 0) is 0 Å². The number of aromatic amines is 1. The van der Waals surface area contributed by atoms with Crippen molar-refractivity contribution in [2.45, 2.75) is 0 Å². The lowest BCUT2D eigenvalue weighted by Crippen LogP contribution is -1.83. The predicted molar refractivity (Wildman–Crippen MR) is 89.2 cm³/mol. The molecule has 0 atom stereocenters. The van der Waals surface area contributed by atoms with Crippen molar-refractivity contribution in [1.82, 2.24) is 15.0 Å². The number of rotatable bonds is 3. The first-order valence-corrected chi connectivity index (χ1v) is 7.75. The molecule has 3 heterocycles. The molecule has 0 spiro atoms. The van der Waals surface area contributed by atoms with E-state index < -0.39 is 0 Å². The Bertz CT molecular complexity index is 927. The Morgan fingerprint density at radius 2 is 2.00 bits per heavy atom. The van der Waals surface area contributed by atoms with Crippen LogP contribution in [0, 0.1) is 0 Å². The van der Waals surface area contributed by atoms with Gasteiger partial charge in [0, 0.05) is 34.3 Å². The number of thiazole rings is 1. The topological polar surface area (TPSA) is 50.8 Å². The summed E-state index contributed by atoms with van der Waals surface area (Å²) in [5.41, 5.74) is 5.05. The Balaban J connectivity index is 1.86. The van der Waals surface area contributed by atoms with Crippen LogP contribution in [0.1, 0.15) is 0 Å². The summed E-state index contributed by atoms with van der Waals surface area (Å²) in [5, 5.41) is 3.72. The van der Waals surface area contributed by atoms with Gasteiger partial charge in [-0.25, -0.2) is 9.97 Å². The molecule has 5 heteroatoms. The Kier molecular flexibility index (Phi) is 3.12. The summed E-state index contributed by atoms with van der Waals surface area (Å²) in [5.74, 6) is 0. The minimum atomic E-state index is 0.663. The van der Waals surface area contributed by atoms with Crippen molar-refractivity contribution in [3.8, 4) is 27.6 Å². The molecule has 0 aliphatic rings. The number of hydrogen-bond acceptors (Lipinski definition) is 4. The molecule has 1 N–H and O–H groups in total. The number of methoxy groups -OCH3 is 1. The molecule has 1 aromatic carbocycles. The van der Waals surface area contributed by atoms with Crippen LogP contribution in [0.3, 0.4) is 0 Å². The molecule has 4 nitrogen and oxygen atoms in total. The van der Waals surface area contributed by atoms with Crippen LogP contribution in [0.4, 0.5) is 0 Å². The van der Waals surface area contributed by atoms with Crippen molar-refractivity contribution >= 4 is 22.4 Å². The van der Waals surface area contributed by atoms with Gasteiger partial charge in [-0.05, 0) is 11.6 Å². The summed E-state index contributed by atoms with van der Waals surface area (Å²) in [7, 11) is 1.63. The number of nitrogens with zero attached hydrogens (tertiary/aromatic N) is 2. The van der Waals surface area contributed by atoms with E-state index in [1.165, 1.54) is 11.3 Å². The van der Waals surface area contributed by atoms with Gasteiger partial charge >= 0.3 is 0 Å². The molecular weight excluding hydrogens is 294 g/mol. The lowest BCUT2D eigenvalue weighted by Gasteiger charge is -2.02. The van der Waals surface area contributed by atoms with Crippen molar-refractivity contribution in [2.75, 3.05) is 7.11 Å². The highest BCUT2D eigenvalue weighted by atomic mass is 32.1. The molecule has 0 saturated heterocycles. The van der Waals surface area contributed by atoms with E-state index in [2.05, 4.69) is 33.2 Å². The third-order valence-electron chi connectivity index (χ3n) is 3.57. The number of pyridine rings is 1. The molecule has 0 fully saturated rings. The first-order valence-electron chi connectivity index (χ1n) is 6.87. The molecule has 3 aromatic heterocycles. The van der Waals surface area contributed by atoms with E-state index in [9.17, 15) is 0 Å². The molecule has 4 rings (SSSR count). The average molecular weight is 307 g/mol. The largest absolute Gasteiger partial charge is 0.473 e.